The lowest BCUT2D eigenvalue weighted by molar-refractivity contribution is 0.0595. The van der Waals surface area contributed by atoms with Gasteiger partial charge in [-0.25, -0.2) is 9.78 Å². The number of methoxy groups -OCH3 is 1. The molecular formula is C10H7N3O2. The van der Waals surface area contributed by atoms with Crippen molar-refractivity contribution in [2.24, 2.45) is 0 Å². The molecule has 0 spiro atoms. The van der Waals surface area contributed by atoms with Gasteiger partial charge in [-0.1, -0.05) is 0 Å². The predicted molar refractivity (Wildman–Crippen MR) is 51.2 cm³/mol. The molecule has 5 heteroatoms. The molecule has 0 radical (unpaired) electrons. The molecule has 0 atom stereocenters. The summed E-state index contributed by atoms with van der Waals surface area (Å²) in [4.78, 5) is 15.2. The van der Waals surface area contributed by atoms with Crippen LogP contribution in [0.4, 0.5) is 0 Å². The van der Waals surface area contributed by atoms with Crippen LogP contribution in [-0.4, -0.2) is 22.5 Å². The van der Waals surface area contributed by atoms with Gasteiger partial charge < -0.3 is 9.14 Å². The second-order valence-corrected chi connectivity index (χ2v) is 2.91. The van der Waals surface area contributed by atoms with E-state index in [9.17, 15) is 4.79 Å². The van der Waals surface area contributed by atoms with Crippen molar-refractivity contribution in [2.75, 3.05) is 7.11 Å². The van der Waals surface area contributed by atoms with Crippen molar-refractivity contribution < 1.29 is 9.53 Å². The summed E-state index contributed by atoms with van der Waals surface area (Å²) in [5, 5.41) is 8.68. The minimum atomic E-state index is -0.489. The minimum Gasteiger partial charge on any atom is -0.464 e. The van der Waals surface area contributed by atoms with Gasteiger partial charge in [0.1, 0.15) is 11.7 Å². The predicted octanol–water partition coefficient (Wildman–Crippen LogP) is 0.993. The molecule has 0 aliphatic heterocycles. The second-order valence-electron chi connectivity index (χ2n) is 2.91. The van der Waals surface area contributed by atoms with Crippen LogP contribution in [-0.2, 0) is 4.74 Å². The monoisotopic (exact) mass is 201 g/mol. The second kappa shape index (κ2) is 3.42. The number of carbonyl (C=O) groups is 1. The van der Waals surface area contributed by atoms with Crippen LogP contribution in [0.15, 0.2) is 24.5 Å². The first-order chi connectivity index (χ1) is 7.24. The summed E-state index contributed by atoms with van der Waals surface area (Å²) >= 11 is 0. The van der Waals surface area contributed by atoms with Crippen molar-refractivity contribution in [1.29, 1.82) is 5.26 Å². The zero-order valence-electron chi connectivity index (χ0n) is 7.97. The lowest BCUT2D eigenvalue weighted by Crippen LogP contribution is -2.00. The van der Waals surface area contributed by atoms with Crippen molar-refractivity contribution in [3.8, 4) is 6.07 Å². The third kappa shape index (κ3) is 1.53. The van der Waals surface area contributed by atoms with Gasteiger partial charge in [-0.3, -0.25) is 0 Å². The van der Waals surface area contributed by atoms with Crippen molar-refractivity contribution in [1.82, 2.24) is 9.38 Å². The largest absolute Gasteiger partial charge is 0.464 e. The molecule has 0 N–H and O–H groups in total. The van der Waals surface area contributed by atoms with Gasteiger partial charge in [0.2, 0.25) is 0 Å². The number of rotatable bonds is 1. The highest BCUT2D eigenvalue weighted by Gasteiger charge is 2.10. The number of imidazole rings is 1. The summed E-state index contributed by atoms with van der Waals surface area (Å²) in [5.74, 6) is -0.489. The Morgan fingerprint density at radius 1 is 1.53 bits per heavy atom. The number of carbonyl (C=O) groups excluding carboxylic acids is 1. The molecule has 2 heterocycles. The van der Waals surface area contributed by atoms with Crippen molar-refractivity contribution in [3.63, 3.8) is 0 Å². The zero-order valence-corrected chi connectivity index (χ0v) is 7.97. The Kier molecular flexibility index (Phi) is 2.10. The van der Waals surface area contributed by atoms with Gasteiger partial charge in [-0.05, 0) is 12.1 Å². The number of nitrogens with zero attached hydrogens (tertiary/aromatic N) is 3. The summed E-state index contributed by atoms with van der Waals surface area (Å²) in [5.41, 5.74) is 1.35. The smallest absolute Gasteiger partial charge is 0.358 e. The molecule has 5 nitrogen and oxygen atoms in total. The lowest BCUT2D eigenvalue weighted by atomic mass is 10.3. The van der Waals surface area contributed by atoms with E-state index in [0.29, 0.717) is 11.2 Å². The number of fused-ring (bicyclic) bond motifs is 1. The number of ether oxygens (including phenoxy) is 1. The van der Waals surface area contributed by atoms with E-state index in [-0.39, 0.29) is 5.69 Å². The van der Waals surface area contributed by atoms with Crippen LogP contribution < -0.4 is 0 Å². The third-order valence-electron chi connectivity index (χ3n) is 1.97. The Hall–Kier alpha value is -2.35. The number of nitriles is 1. The van der Waals surface area contributed by atoms with Gasteiger partial charge in [0.25, 0.3) is 0 Å². The van der Waals surface area contributed by atoms with E-state index in [2.05, 4.69) is 9.72 Å². The van der Waals surface area contributed by atoms with Crippen LogP contribution in [0, 0.1) is 11.3 Å². The molecule has 0 aliphatic rings. The molecule has 0 aliphatic carbocycles. The molecule has 0 unspecified atom stereocenters. The average Bonchev–Trinajstić information content (AvgIpc) is 2.70. The Labute approximate surface area is 85.5 Å². The molecule has 0 amide bonds. The van der Waals surface area contributed by atoms with Gasteiger partial charge in [0.05, 0.1) is 12.7 Å². The molecule has 15 heavy (non-hydrogen) atoms. The molecule has 74 valence electrons. The quantitative estimate of drug-likeness (QED) is 0.645. The number of aromatic nitrogens is 2. The molecule has 0 fully saturated rings. The van der Waals surface area contributed by atoms with Crippen LogP contribution in [0.2, 0.25) is 0 Å². The van der Waals surface area contributed by atoms with Crippen molar-refractivity contribution in [3.05, 3.63) is 35.8 Å². The maximum atomic E-state index is 11.2. The van der Waals surface area contributed by atoms with Crippen LogP contribution >= 0.6 is 0 Å². The normalized spacial score (nSPS) is 9.87. The SMILES string of the molecule is COC(=O)c1cn2cc(C#N)ccc2n1. The molecule has 2 aromatic rings. The van der Waals surface area contributed by atoms with E-state index in [4.69, 9.17) is 5.26 Å². The fourth-order valence-corrected chi connectivity index (χ4v) is 1.26. The summed E-state index contributed by atoms with van der Waals surface area (Å²) in [6.07, 6.45) is 3.14. The fourth-order valence-electron chi connectivity index (χ4n) is 1.26. The van der Waals surface area contributed by atoms with Crippen molar-refractivity contribution >= 4 is 11.6 Å². The molecule has 2 aromatic heterocycles. The number of esters is 1. The van der Waals surface area contributed by atoms with Gasteiger partial charge in [0, 0.05) is 12.4 Å². The number of hydrogen-bond donors (Lipinski definition) is 0. The van der Waals surface area contributed by atoms with E-state index < -0.39 is 5.97 Å². The number of hydrogen-bond acceptors (Lipinski definition) is 4. The Balaban J connectivity index is 2.57. The highest BCUT2D eigenvalue weighted by atomic mass is 16.5. The van der Waals surface area contributed by atoms with E-state index in [1.807, 2.05) is 6.07 Å². The van der Waals surface area contributed by atoms with Crippen molar-refractivity contribution in [2.45, 2.75) is 0 Å². The Bertz CT molecular complexity index is 566. The first-order valence-corrected chi connectivity index (χ1v) is 4.22. The first kappa shape index (κ1) is 9.21. The van der Waals surface area contributed by atoms with Crippen LogP contribution in [0.1, 0.15) is 16.1 Å². The van der Waals surface area contributed by atoms with E-state index >= 15 is 0 Å². The highest BCUT2D eigenvalue weighted by molar-refractivity contribution is 5.87. The third-order valence-corrected chi connectivity index (χ3v) is 1.97. The van der Waals surface area contributed by atoms with Gasteiger partial charge in [0.15, 0.2) is 5.69 Å². The summed E-state index contributed by atoms with van der Waals surface area (Å²) in [7, 11) is 1.30. The Morgan fingerprint density at radius 3 is 3.00 bits per heavy atom. The molecule has 0 saturated heterocycles. The van der Waals surface area contributed by atoms with Crippen LogP contribution in [0.5, 0.6) is 0 Å². The van der Waals surface area contributed by atoms with Crippen LogP contribution in [0.25, 0.3) is 5.65 Å². The molecule has 0 aromatic carbocycles. The van der Waals surface area contributed by atoms with Gasteiger partial charge in [-0.2, -0.15) is 5.26 Å². The Morgan fingerprint density at radius 2 is 2.33 bits per heavy atom. The fraction of sp³-hybridized carbons (Fsp3) is 0.100. The maximum Gasteiger partial charge on any atom is 0.358 e. The molecular weight excluding hydrogens is 194 g/mol. The summed E-state index contributed by atoms with van der Waals surface area (Å²) in [6, 6.07) is 5.32. The summed E-state index contributed by atoms with van der Waals surface area (Å²) < 4.78 is 6.16. The van der Waals surface area contributed by atoms with Crippen LogP contribution in [0.3, 0.4) is 0 Å². The molecule has 0 bridgehead atoms. The highest BCUT2D eigenvalue weighted by Crippen LogP contribution is 2.07. The minimum absolute atomic E-state index is 0.229. The van der Waals surface area contributed by atoms with Gasteiger partial charge in [-0.15, -0.1) is 0 Å². The average molecular weight is 201 g/mol. The summed E-state index contributed by atoms with van der Waals surface area (Å²) in [6.45, 7) is 0. The van der Waals surface area contributed by atoms with E-state index in [0.717, 1.165) is 0 Å². The molecule has 2 rings (SSSR count). The lowest BCUT2D eigenvalue weighted by Gasteiger charge is -1.91. The topological polar surface area (TPSA) is 67.4 Å². The molecule has 0 saturated carbocycles. The first-order valence-electron chi connectivity index (χ1n) is 4.22. The standard InChI is InChI=1S/C10H7N3O2/c1-15-10(14)8-6-13-5-7(4-11)2-3-9(13)12-8/h2-3,5-6H,1H3. The maximum absolute atomic E-state index is 11.2. The number of pyridine rings is 1. The van der Waals surface area contributed by atoms with E-state index in [1.54, 1.807) is 22.7 Å². The van der Waals surface area contributed by atoms with Gasteiger partial charge >= 0.3 is 5.97 Å². The van der Waals surface area contributed by atoms with E-state index in [1.165, 1.54) is 13.3 Å². The zero-order chi connectivity index (χ0) is 10.8.